The van der Waals surface area contributed by atoms with Gasteiger partial charge in [-0.15, -0.1) is 0 Å². The number of ether oxygens (including phenoxy) is 1. The highest BCUT2D eigenvalue weighted by molar-refractivity contribution is 5.77. The van der Waals surface area contributed by atoms with Crippen molar-refractivity contribution in [1.29, 1.82) is 0 Å². The van der Waals surface area contributed by atoms with E-state index in [0.29, 0.717) is 0 Å². The van der Waals surface area contributed by atoms with Crippen LogP contribution in [0.25, 0.3) is 0 Å². The van der Waals surface area contributed by atoms with Crippen molar-refractivity contribution in [2.45, 2.75) is 13.5 Å². The summed E-state index contributed by atoms with van der Waals surface area (Å²) >= 11 is 0. The monoisotopic (exact) mass is 254 g/mol. The predicted molar refractivity (Wildman–Crippen MR) is 78.8 cm³/mol. The van der Waals surface area contributed by atoms with Crippen LogP contribution in [-0.2, 0) is 6.54 Å². The standard InChI is InChI=1S/C16H18N2O/c1-12-4-3-5-15-16(12)17-11-18(15)10-13-6-8-14(19-2)9-7-13/h3-9,17H,10-11H2,1-2H3. The minimum atomic E-state index is 0.867. The summed E-state index contributed by atoms with van der Waals surface area (Å²) in [5, 5.41) is 3.46. The lowest BCUT2D eigenvalue weighted by molar-refractivity contribution is 0.414. The van der Waals surface area contributed by atoms with Gasteiger partial charge in [-0.25, -0.2) is 0 Å². The van der Waals surface area contributed by atoms with E-state index in [9.17, 15) is 0 Å². The third-order valence-corrected chi connectivity index (χ3v) is 3.57. The minimum absolute atomic E-state index is 0.867. The van der Waals surface area contributed by atoms with Gasteiger partial charge in [0.15, 0.2) is 0 Å². The predicted octanol–water partition coefficient (Wildman–Crippen LogP) is 3.39. The fourth-order valence-electron chi connectivity index (χ4n) is 2.50. The van der Waals surface area contributed by atoms with Crippen molar-refractivity contribution in [1.82, 2.24) is 0 Å². The topological polar surface area (TPSA) is 24.5 Å². The van der Waals surface area contributed by atoms with Gasteiger partial charge in [-0.3, -0.25) is 0 Å². The van der Waals surface area contributed by atoms with Gasteiger partial charge < -0.3 is 15.0 Å². The summed E-state index contributed by atoms with van der Waals surface area (Å²) in [6.45, 7) is 3.92. The van der Waals surface area contributed by atoms with Crippen molar-refractivity contribution >= 4 is 11.4 Å². The molecule has 1 N–H and O–H groups in total. The van der Waals surface area contributed by atoms with Gasteiger partial charge in [-0.05, 0) is 36.2 Å². The molecule has 1 aliphatic heterocycles. The minimum Gasteiger partial charge on any atom is -0.497 e. The highest BCUT2D eigenvalue weighted by Gasteiger charge is 2.19. The molecule has 0 unspecified atom stereocenters. The molecular weight excluding hydrogens is 236 g/mol. The van der Waals surface area contributed by atoms with Crippen LogP contribution in [0.15, 0.2) is 42.5 Å². The number of fused-ring (bicyclic) bond motifs is 1. The molecule has 1 heterocycles. The van der Waals surface area contributed by atoms with Crippen LogP contribution in [0, 0.1) is 6.92 Å². The summed E-state index contributed by atoms with van der Waals surface area (Å²) in [6.07, 6.45) is 0. The van der Waals surface area contributed by atoms with Crippen LogP contribution < -0.4 is 15.0 Å². The number of para-hydroxylation sites is 1. The first-order valence-electron chi connectivity index (χ1n) is 6.49. The molecule has 0 amide bonds. The molecule has 0 spiro atoms. The van der Waals surface area contributed by atoms with Crippen LogP contribution >= 0.6 is 0 Å². The van der Waals surface area contributed by atoms with E-state index in [-0.39, 0.29) is 0 Å². The van der Waals surface area contributed by atoms with Crippen molar-refractivity contribution < 1.29 is 4.74 Å². The number of aryl methyl sites for hydroxylation is 1. The van der Waals surface area contributed by atoms with Crippen LogP contribution in [0.1, 0.15) is 11.1 Å². The molecule has 0 atom stereocenters. The zero-order valence-corrected chi connectivity index (χ0v) is 11.3. The summed E-state index contributed by atoms with van der Waals surface area (Å²) in [7, 11) is 1.69. The van der Waals surface area contributed by atoms with Crippen molar-refractivity contribution in [2.75, 3.05) is 24.0 Å². The fraction of sp³-hybridized carbons (Fsp3) is 0.250. The van der Waals surface area contributed by atoms with E-state index in [2.05, 4.69) is 47.5 Å². The number of hydrogen-bond acceptors (Lipinski definition) is 3. The molecule has 19 heavy (non-hydrogen) atoms. The van der Waals surface area contributed by atoms with Gasteiger partial charge in [0.1, 0.15) is 5.75 Å². The maximum atomic E-state index is 5.19. The normalized spacial score (nSPS) is 13.1. The molecule has 0 saturated carbocycles. The average Bonchev–Trinajstić information content (AvgIpc) is 2.84. The van der Waals surface area contributed by atoms with Crippen molar-refractivity contribution in [3.8, 4) is 5.75 Å². The molecule has 3 rings (SSSR count). The lowest BCUT2D eigenvalue weighted by Crippen LogP contribution is -2.21. The van der Waals surface area contributed by atoms with E-state index < -0.39 is 0 Å². The van der Waals surface area contributed by atoms with Crippen LogP contribution in [0.4, 0.5) is 11.4 Å². The maximum absolute atomic E-state index is 5.19. The van der Waals surface area contributed by atoms with Crippen molar-refractivity contribution in [3.05, 3.63) is 53.6 Å². The van der Waals surface area contributed by atoms with Gasteiger partial charge in [-0.1, -0.05) is 24.3 Å². The van der Waals surface area contributed by atoms with Gasteiger partial charge >= 0.3 is 0 Å². The first-order valence-corrected chi connectivity index (χ1v) is 6.49. The number of nitrogens with zero attached hydrogens (tertiary/aromatic N) is 1. The van der Waals surface area contributed by atoms with E-state index in [4.69, 9.17) is 4.74 Å². The van der Waals surface area contributed by atoms with Crippen molar-refractivity contribution in [2.24, 2.45) is 0 Å². The largest absolute Gasteiger partial charge is 0.497 e. The Morgan fingerprint density at radius 1 is 1.16 bits per heavy atom. The van der Waals surface area contributed by atoms with Crippen molar-refractivity contribution in [3.63, 3.8) is 0 Å². The van der Waals surface area contributed by atoms with Gasteiger partial charge in [0.05, 0.1) is 25.2 Å². The van der Waals surface area contributed by atoms with E-state index in [1.165, 1.54) is 22.5 Å². The van der Waals surface area contributed by atoms with Gasteiger partial charge in [0, 0.05) is 6.54 Å². The quantitative estimate of drug-likeness (QED) is 0.908. The third kappa shape index (κ3) is 2.24. The van der Waals surface area contributed by atoms with Gasteiger partial charge in [0.2, 0.25) is 0 Å². The summed E-state index contributed by atoms with van der Waals surface area (Å²) in [5.41, 5.74) is 5.14. The molecular formula is C16H18N2O. The first-order chi connectivity index (χ1) is 9.28. The van der Waals surface area contributed by atoms with Crippen LogP contribution in [0.3, 0.4) is 0 Å². The smallest absolute Gasteiger partial charge is 0.118 e. The molecule has 0 fully saturated rings. The Morgan fingerprint density at radius 2 is 1.95 bits per heavy atom. The average molecular weight is 254 g/mol. The van der Waals surface area contributed by atoms with E-state index >= 15 is 0 Å². The molecule has 1 aliphatic rings. The van der Waals surface area contributed by atoms with E-state index in [0.717, 1.165) is 19.0 Å². The molecule has 0 radical (unpaired) electrons. The SMILES string of the molecule is COc1ccc(CN2CNc3c(C)cccc32)cc1. The molecule has 3 nitrogen and oxygen atoms in total. The third-order valence-electron chi connectivity index (χ3n) is 3.57. The number of hydrogen-bond donors (Lipinski definition) is 1. The van der Waals surface area contributed by atoms with Gasteiger partial charge in [-0.2, -0.15) is 0 Å². The Balaban J connectivity index is 1.80. The lowest BCUT2D eigenvalue weighted by Gasteiger charge is -2.18. The second kappa shape index (κ2) is 4.84. The zero-order valence-electron chi connectivity index (χ0n) is 11.3. The number of benzene rings is 2. The summed E-state index contributed by atoms with van der Waals surface area (Å²) in [5.74, 6) is 0.902. The highest BCUT2D eigenvalue weighted by atomic mass is 16.5. The number of methoxy groups -OCH3 is 1. The second-order valence-corrected chi connectivity index (χ2v) is 4.85. The van der Waals surface area contributed by atoms with Crippen LogP contribution in [0.2, 0.25) is 0 Å². The number of rotatable bonds is 3. The highest BCUT2D eigenvalue weighted by Crippen LogP contribution is 2.34. The molecule has 0 bridgehead atoms. The molecule has 0 saturated heterocycles. The van der Waals surface area contributed by atoms with Crippen LogP contribution in [0.5, 0.6) is 5.75 Å². The Morgan fingerprint density at radius 3 is 2.68 bits per heavy atom. The number of anilines is 2. The summed E-state index contributed by atoms with van der Waals surface area (Å²) in [6, 6.07) is 14.7. The van der Waals surface area contributed by atoms with E-state index in [1.54, 1.807) is 7.11 Å². The molecule has 0 aromatic heterocycles. The second-order valence-electron chi connectivity index (χ2n) is 4.85. The maximum Gasteiger partial charge on any atom is 0.118 e. The van der Waals surface area contributed by atoms with Gasteiger partial charge in [0.25, 0.3) is 0 Å². The Labute approximate surface area is 113 Å². The fourth-order valence-corrected chi connectivity index (χ4v) is 2.50. The Kier molecular flexibility index (Phi) is 3.03. The molecule has 0 aliphatic carbocycles. The van der Waals surface area contributed by atoms with E-state index in [1.807, 2.05) is 12.1 Å². The lowest BCUT2D eigenvalue weighted by atomic mass is 10.1. The zero-order chi connectivity index (χ0) is 13.2. The van der Waals surface area contributed by atoms with Crippen LogP contribution in [-0.4, -0.2) is 13.8 Å². The molecule has 2 aromatic rings. The summed E-state index contributed by atoms with van der Waals surface area (Å²) in [4.78, 5) is 2.35. The molecule has 98 valence electrons. The number of nitrogens with one attached hydrogen (secondary N) is 1. The summed E-state index contributed by atoms with van der Waals surface area (Å²) < 4.78 is 5.19. The Hall–Kier alpha value is -2.16. The first kappa shape index (κ1) is 11.9. The Bertz CT molecular complexity index is 578. The molecule has 2 aromatic carbocycles. The molecule has 3 heteroatoms.